The highest BCUT2D eigenvalue weighted by Crippen LogP contribution is 2.04. The van der Waals surface area contributed by atoms with Crippen LogP contribution in [0.25, 0.3) is 0 Å². The van der Waals surface area contributed by atoms with E-state index in [0.717, 1.165) is 0 Å². The Kier molecular flexibility index (Phi) is 3.34. The van der Waals surface area contributed by atoms with Gasteiger partial charge in [0.1, 0.15) is 6.54 Å². The van der Waals surface area contributed by atoms with Crippen molar-refractivity contribution in [3.63, 3.8) is 0 Å². The van der Waals surface area contributed by atoms with Crippen molar-refractivity contribution in [1.82, 2.24) is 20.3 Å². The summed E-state index contributed by atoms with van der Waals surface area (Å²) in [7, 11) is 1.47. The van der Waals surface area contributed by atoms with E-state index in [1.165, 1.54) is 11.7 Å². The molecule has 8 nitrogen and oxygen atoms in total. The quantitative estimate of drug-likeness (QED) is 0.541. The SMILES string of the molecule is CNC(=O)Cn1nnc(C(=O)O)c1CN. The highest BCUT2D eigenvalue weighted by Gasteiger charge is 2.18. The van der Waals surface area contributed by atoms with Gasteiger partial charge in [-0.25, -0.2) is 9.48 Å². The van der Waals surface area contributed by atoms with Gasteiger partial charge in [-0.2, -0.15) is 0 Å². The Morgan fingerprint density at radius 3 is 2.73 bits per heavy atom. The van der Waals surface area contributed by atoms with Gasteiger partial charge in [0.15, 0.2) is 5.69 Å². The number of carbonyl (C=O) groups excluding carboxylic acids is 1. The van der Waals surface area contributed by atoms with Crippen molar-refractivity contribution in [2.24, 2.45) is 5.73 Å². The molecule has 1 aromatic rings. The largest absolute Gasteiger partial charge is 0.476 e. The summed E-state index contributed by atoms with van der Waals surface area (Å²) < 4.78 is 1.17. The first-order valence-corrected chi connectivity index (χ1v) is 4.16. The van der Waals surface area contributed by atoms with Gasteiger partial charge in [-0.15, -0.1) is 5.10 Å². The number of carboxylic acids is 1. The number of likely N-dealkylation sites (N-methyl/N-ethyl adjacent to an activating group) is 1. The Morgan fingerprint density at radius 2 is 2.27 bits per heavy atom. The number of nitrogens with two attached hydrogens (primary N) is 1. The molecule has 0 saturated carbocycles. The summed E-state index contributed by atoms with van der Waals surface area (Å²) in [5.41, 5.74) is 5.36. The number of nitrogens with zero attached hydrogens (tertiary/aromatic N) is 3. The second kappa shape index (κ2) is 4.51. The van der Waals surface area contributed by atoms with Crippen LogP contribution in [0.4, 0.5) is 0 Å². The Labute approximate surface area is 85.1 Å². The smallest absolute Gasteiger partial charge is 0.358 e. The molecule has 0 fully saturated rings. The van der Waals surface area contributed by atoms with Gasteiger partial charge in [0.25, 0.3) is 0 Å². The molecule has 0 aliphatic heterocycles. The molecule has 0 radical (unpaired) electrons. The molecule has 4 N–H and O–H groups in total. The van der Waals surface area contributed by atoms with Crippen molar-refractivity contribution in [3.05, 3.63) is 11.4 Å². The molecule has 8 heteroatoms. The molecule has 0 aliphatic carbocycles. The third-order valence-electron chi connectivity index (χ3n) is 1.81. The van der Waals surface area contributed by atoms with Crippen molar-refractivity contribution >= 4 is 11.9 Å². The Hall–Kier alpha value is -1.96. The summed E-state index contributed by atoms with van der Waals surface area (Å²) in [6.45, 7) is -0.130. The van der Waals surface area contributed by atoms with Gasteiger partial charge < -0.3 is 16.2 Å². The van der Waals surface area contributed by atoms with Crippen LogP contribution >= 0.6 is 0 Å². The third kappa shape index (κ3) is 2.29. The van der Waals surface area contributed by atoms with E-state index in [0.29, 0.717) is 0 Å². The van der Waals surface area contributed by atoms with Crippen LogP contribution in [0.5, 0.6) is 0 Å². The maximum Gasteiger partial charge on any atom is 0.358 e. The molecule has 0 saturated heterocycles. The zero-order valence-electron chi connectivity index (χ0n) is 8.10. The summed E-state index contributed by atoms with van der Waals surface area (Å²) in [6, 6.07) is 0. The highest BCUT2D eigenvalue weighted by molar-refractivity contribution is 5.86. The molecule has 0 unspecified atom stereocenters. The number of aromatic nitrogens is 3. The van der Waals surface area contributed by atoms with Crippen LogP contribution in [-0.2, 0) is 17.9 Å². The van der Waals surface area contributed by atoms with Crippen LogP contribution in [0.2, 0.25) is 0 Å². The molecular formula is C7H11N5O3. The van der Waals surface area contributed by atoms with Gasteiger partial charge in [0, 0.05) is 13.6 Å². The van der Waals surface area contributed by atoms with E-state index < -0.39 is 5.97 Å². The van der Waals surface area contributed by atoms with Crippen molar-refractivity contribution in [3.8, 4) is 0 Å². The molecule has 0 atom stereocenters. The summed E-state index contributed by atoms with van der Waals surface area (Å²) in [4.78, 5) is 21.7. The lowest BCUT2D eigenvalue weighted by Gasteiger charge is -2.03. The molecule has 0 aliphatic rings. The molecular weight excluding hydrogens is 202 g/mol. The minimum atomic E-state index is -1.21. The number of hydrogen-bond acceptors (Lipinski definition) is 5. The molecule has 1 aromatic heterocycles. The monoisotopic (exact) mass is 213 g/mol. The topological polar surface area (TPSA) is 123 Å². The standard InChI is InChI=1S/C7H11N5O3/c1-9-5(13)3-12-4(2-8)6(7(14)15)10-11-12/h2-3,8H2,1H3,(H,9,13)(H,14,15). The lowest BCUT2D eigenvalue weighted by molar-refractivity contribution is -0.121. The van der Waals surface area contributed by atoms with Gasteiger partial charge in [-0.3, -0.25) is 4.79 Å². The highest BCUT2D eigenvalue weighted by atomic mass is 16.4. The van der Waals surface area contributed by atoms with Gasteiger partial charge >= 0.3 is 5.97 Å². The van der Waals surface area contributed by atoms with Crippen LogP contribution in [0, 0.1) is 0 Å². The van der Waals surface area contributed by atoms with Crippen LogP contribution in [0.1, 0.15) is 16.2 Å². The number of aromatic carboxylic acids is 1. The molecule has 0 spiro atoms. The lowest BCUT2D eigenvalue weighted by Crippen LogP contribution is -2.26. The minimum absolute atomic E-state index is 0.0361. The maximum atomic E-state index is 11.0. The molecule has 0 aromatic carbocycles. The number of hydrogen-bond donors (Lipinski definition) is 3. The first-order chi connectivity index (χ1) is 7.10. The second-order valence-electron chi connectivity index (χ2n) is 2.72. The number of amides is 1. The first-order valence-electron chi connectivity index (χ1n) is 4.16. The normalized spacial score (nSPS) is 10.0. The fraction of sp³-hybridized carbons (Fsp3) is 0.429. The van der Waals surface area contributed by atoms with Crippen LogP contribution in [-0.4, -0.2) is 39.0 Å². The fourth-order valence-corrected chi connectivity index (χ4v) is 1.04. The van der Waals surface area contributed by atoms with E-state index in [2.05, 4.69) is 15.6 Å². The average molecular weight is 213 g/mol. The van der Waals surface area contributed by atoms with E-state index >= 15 is 0 Å². The molecule has 1 heterocycles. The van der Waals surface area contributed by atoms with Gasteiger partial charge in [0.2, 0.25) is 5.91 Å². The van der Waals surface area contributed by atoms with E-state index in [1.54, 1.807) is 0 Å². The van der Waals surface area contributed by atoms with Crippen LogP contribution < -0.4 is 11.1 Å². The molecule has 82 valence electrons. The number of rotatable bonds is 4. The predicted octanol–water partition coefficient (Wildman–Crippen LogP) is -1.82. The Balaban J connectivity index is 2.99. The van der Waals surface area contributed by atoms with Crippen molar-refractivity contribution in [1.29, 1.82) is 0 Å². The molecule has 0 bridgehead atoms. The number of nitrogens with one attached hydrogen (secondary N) is 1. The summed E-state index contributed by atoms with van der Waals surface area (Å²) in [5.74, 6) is -1.51. The van der Waals surface area contributed by atoms with Crippen LogP contribution in [0.15, 0.2) is 0 Å². The van der Waals surface area contributed by atoms with E-state index in [1.807, 2.05) is 0 Å². The number of carbonyl (C=O) groups is 2. The summed E-state index contributed by atoms with van der Waals surface area (Å²) in [6.07, 6.45) is 0. The van der Waals surface area contributed by atoms with Crippen LogP contribution in [0.3, 0.4) is 0 Å². The van der Waals surface area contributed by atoms with Gasteiger partial charge in [-0.1, -0.05) is 5.21 Å². The maximum absolute atomic E-state index is 11.0. The van der Waals surface area contributed by atoms with E-state index in [-0.39, 0.29) is 30.4 Å². The minimum Gasteiger partial charge on any atom is -0.476 e. The predicted molar refractivity (Wildman–Crippen MR) is 48.9 cm³/mol. The first kappa shape index (κ1) is 11.1. The van der Waals surface area contributed by atoms with E-state index in [4.69, 9.17) is 10.8 Å². The van der Waals surface area contributed by atoms with E-state index in [9.17, 15) is 9.59 Å². The average Bonchev–Trinajstić information content (AvgIpc) is 2.60. The molecule has 1 rings (SSSR count). The molecule has 15 heavy (non-hydrogen) atoms. The zero-order valence-corrected chi connectivity index (χ0v) is 8.10. The fourth-order valence-electron chi connectivity index (χ4n) is 1.04. The third-order valence-corrected chi connectivity index (χ3v) is 1.81. The van der Waals surface area contributed by atoms with Gasteiger partial charge in [-0.05, 0) is 0 Å². The Morgan fingerprint density at radius 1 is 1.60 bits per heavy atom. The molecule has 1 amide bonds. The summed E-state index contributed by atoms with van der Waals surface area (Å²) >= 11 is 0. The van der Waals surface area contributed by atoms with Crippen molar-refractivity contribution in [2.75, 3.05) is 7.05 Å². The van der Waals surface area contributed by atoms with Crippen molar-refractivity contribution < 1.29 is 14.7 Å². The van der Waals surface area contributed by atoms with Crippen molar-refractivity contribution in [2.45, 2.75) is 13.1 Å². The summed E-state index contributed by atoms with van der Waals surface area (Å²) in [5, 5.41) is 18.1. The Bertz CT molecular complexity index is 386. The van der Waals surface area contributed by atoms with Gasteiger partial charge in [0.05, 0.1) is 5.69 Å². The zero-order chi connectivity index (χ0) is 11.4. The lowest BCUT2D eigenvalue weighted by atomic mass is 10.3. The number of carboxylic acid groups (broad SMARTS) is 1. The second-order valence-corrected chi connectivity index (χ2v) is 2.72.